The third kappa shape index (κ3) is 3.22. The van der Waals surface area contributed by atoms with E-state index in [1.165, 1.54) is 0 Å². The number of halogens is 2. The lowest BCUT2D eigenvalue weighted by atomic mass is 10.0. The zero-order chi connectivity index (χ0) is 13.1. The number of pyridine rings is 1. The first kappa shape index (κ1) is 13.3. The summed E-state index contributed by atoms with van der Waals surface area (Å²) in [7, 11) is 0. The molecule has 94 valence electrons. The zero-order valence-corrected chi connectivity index (χ0v) is 11.4. The van der Waals surface area contributed by atoms with Gasteiger partial charge in [0.05, 0.1) is 6.10 Å². The Bertz CT molecular complexity index is 557. The first-order valence-corrected chi connectivity index (χ1v) is 6.36. The van der Waals surface area contributed by atoms with E-state index in [1.54, 1.807) is 18.3 Å². The highest BCUT2D eigenvalue weighted by atomic mass is 35.5. The van der Waals surface area contributed by atoms with Gasteiger partial charge in [-0.2, -0.15) is 0 Å². The number of aliphatic hydroxyl groups excluding tert-OH is 1. The van der Waals surface area contributed by atoms with Gasteiger partial charge in [-0.25, -0.2) is 4.98 Å². The van der Waals surface area contributed by atoms with Crippen LogP contribution in [0.4, 0.5) is 0 Å². The summed E-state index contributed by atoms with van der Waals surface area (Å²) >= 11 is 11.9. The van der Waals surface area contributed by atoms with Crippen LogP contribution in [-0.4, -0.2) is 10.1 Å². The van der Waals surface area contributed by atoms with Crippen LogP contribution in [0.25, 0.3) is 0 Å². The lowest BCUT2D eigenvalue weighted by Crippen LogP contribution is -2.02. The topological polar surface area (TPSA) is 33.1 Å². The second-order valence-corrected chi connectivity index (χ2v) is 5.02. The quantitative estimate of drug-likeness (QED) is 0.864. The van der Waals surface area contributed by atoms with E-state index >= 15 is 0 Å². The second-order valence-electron chi connectivity index (χ2n) is 4.23. The molecule has 4 heteroatoms. The van der Waals surface area contributed by atoms with Crippen LogP contribution < -0.4 is 0 Å². The number of hydrogen-bond acceptors (Lipinski definition) is 2. The number of hydrogen-bond donors (Lipinski definition) is 1. The molecule has 2 rings (SSSR count). The fraction of sp³-hybridized carbons (Fsp3) is 0.214. The van der Waals surface area contributed by atoms with Gasteiger partial charge in [-0.15, -0.1) is 0 Å². The molecule has 0 amide bonds. The Morgan fingerprint density at radius 3 is 2.67 bits per heavy atom. The maximum Gasteiger partial charge on any atom is 0.129 e. The monoisotopic (exact) mass is 281 g/mol. The molecule has 0 radical (unpaired) electrons. The maximum absolute atomic E-state index is 10.1. The molecule has 18 heavy (non-hydrogen) atoms. The molecule has 0 bridgehead atoms. The van der Waals surface area contributed by atoms with E-state index in [0.29, 0.717) is 16.6 Å². The van der Waals surface area contributed by atoms with Crippen molar-refractivity contribution >= 4 is 23.2 Å². The Kier molecular flexibility index (Phi) is 4.23. The van der Waals surface area contributed by atoms with Crippen molar-refractivity contribution in [2.24, 2.45) is 0 Å². The Morgan fingerprint density at radius 2 is 2.00 bits per heavy atom. The van der Waals surface area contributed by atoms with Gasteiger partial charge in [-0.1, -0.05) is 35.3 Å². The molecule has 0 aliphatic heterocycles. The Morgan fingerprint density at radius 1 is 1.22 bits per heavy atom. The van der Waals surface area contributed by atoms with E-state index in [4.69, 9.17) is 23.2 Å². The van der Waals surface area contributed by atoms with Gasteiger partial charge < -0.3 is 5.11 Å². The summed E-state index contributed by atoms with van der Waals surface area (Å²) in [5, 5.41) is 11.2. The third-order valence-electron chi connectivity index (χ3n) is 2.76. The van der Waals surface area contributed by atoms with Crippen LogP contribution >= 0.6 is 23.2 Å². The van der Waals surface area contributed by atoms with Gasteiger partial charge in [0.25, 0.3) is 0 Å². The highest BCUT2D eigenvalue weighted by Crippen LogP contribution is 2.25. The summed E-state index contributed by atoms with van der Waals surface area (Å²) in [6, 6.07) is 9.22. The first-order valence-electron chi connectivity index (χ1n) is 5.61. The molecule has 0 aliphatic carbocycles. The molecule has 1 aromatic carbocycles. The largest absolute Gasteiger partial charge is 0.388 e. The van der Waals surface area contributed by atoms with Crippen molar-refractivity contribution in [3.05, 3.63) is 63.4 Å². The lowest BCUT2D eigenvalue weighted by Gasteiger charge is -2.12. The van der Waals surface area contributed by atoms with Gasteiger partial charge >= 0.3 is 0 Å². The minimum atomic E-state index is -0.634. The SMILES string of the molecule is Cc1ccc(CC(O)c2ccnc(Cl)c2)c(Cl)c1. The average molecular weight is 282 g/mol. The standard InChI is InChI=1S/C14H13Cl2NO/c1-9-2-3-10(12(15)6-9)7-13(18)11-4-5-17-14(16)8-11/h2-6,8,13,18H,7H2,1H3. The van der Waals surface area contributed by atoms with Crippen molar-refractivity contribution in [1.82, 2.24) is 4.98 Å². The number of aryl methyl sites for hydroxylation is 1. The van der Waals surface area contributed by atoms with E-state index in [-0.39, 0.29) is 0 Å². The minimum Gasteiger partial charge on any atom is -0.388 e. The number of nitrogens with zero attached hydrogens (tertiary/aromatic N) is 1. The molecular weight excluding hydrogens is 269 g/mol. The van der Waals surface area contributed by atoms with Crippen molar-refractivity contribution in [3.63, 3.8) is 0 Å². The number of aliphatic hydroxyl groups is 1. The molecule has 0 saturated carbocycles. The van der Waals surface area contributed by atoms with Gasteiger partial charge in [-0.05, 0) is 41.8 Å². The molecule has 1 heterocycles. The second kappa shape index (κ2) is 5.70. The van der Waals surface area contributed by atoms with E-state index < -0.39 is 6.10 Å². The summed E-state index contributed by atoms with van der Waals surface area (Å²) < 4.78 is 0. The maximum atomic E-state index is 10.1. The Hall–Kier alpha value is -1.09. The average Bonchev–Trinajstić information content (AvgIpc) is 2.32. The van der Waals surface area contributed by atoms with E-state index in [2.05, 4.69) is 4.98 Å². The summed E-state index contributed by atoms with van der Waals surface area (Å²) in [5.41, 5.74) is 2.76. The van der Waals surface area contributed by atoms with E-state index in [9.17, 15) is 5.11 Å². The third-order valence-corrected chi connectivity index (χ3v) is 3.32. The van der Waals surface area contributed by atoms with Gasteiger partial charge in [0.15, 0.2) is 0 Å². The number of rotatable bonds is 3. The van der Waals surface area contributed by atoms with Gasteiger partial charge in [0, 0.05) is 17.6 Å². The van der Waals surface area contributed by atoms with Crippen molar-refractivity contribution in [2.75, 3.05) is 0 Å². The highest BCUT2D eigenvalue weighted by molar-refractivity contribution is 6.31. The van der Waals surface area contributed by atoms with Gasteiger partial charge in [-0.3, -0.25) is 0 Å². The van der Waals surface area contributed by atoms with Crippen LogP contribution in [0.15, 0.2) is 36.5 Å². The summed E-state index contributed by atoms with van der Waals surface area (Å²) in [6.45, 7) is 1.98. The Balaban J connectivity index is 2.18. The summed E-state index contributed by atoms with van der Waals surface area (Å²) in [6.07, 6.45) is 1.41. The molecule has 0 fully saturated rings. The van der Waals surface area contributed by atoms with Crippen LogP contribution in [0.2, 0.25) is 10.2 Å². The summed E-state index contributed by atoms with van der Waals surface area (Å²) in [5.74, 6) is 0. The highest BCUT2D eigenvalue weighted by Gasteiger charge is 2.11. The molecule has 1 unspecified atom stereocenters. The van der Waals surface area contributed by atoms with Crippen molar-refractivity contribution in [3.8, 4) is 0 Å². The van der Waals surface area contributed by atoms with Crippen LogP contribution in [0.5, 0.6) is 0 Å². The fourth-order valence-electron chi connectivity index (χ4n) is 1.77. The lowest BCUT2D eigenvalue weighted by molar-refractivity contribution is 0.178. The summed E-state index contributed by atoms with van der Waals surface area (Å²) in [4.78, 5) is 3.89. The van der Waals surface area contributed by atoms with Crippen molar-refractivity contribution in [2.45, 2.75) is 19.4 Å². The van der Waals surface area contributed by atoms with E-state index in [1.807, 2.05) is 25.1 Å². The van der Waals surface area contributed by atoms with Crippen molar-refractivity contribution < 1.29 is 5.11 Å². The molecule has 1 aromatic heterocycles. The molecular formula is C14H13Cl2NO. The predicted molar refractivity (Wildman–Crippen MR) is 74.1 cm³/mol. The van der Waals surface area contributed by atoms with Gasteiger partial charge in [0.1, 0.15) is 5.15 Å². The van der Waals surface area contributed by atoms with Crippen LogP contribution in [0, 0.1) is 6.92 Å². The minimum absolute atomic E-state index is 0.376. The fourth-order valence-corrected chi connectivity index (χ4v) is 2.26. The van der Waals surface area contributed by atoms with Crippen LogP contribution in [0.1, 0.15) is 22.8 Å². The smallest absolute Gasteiger partial charge is 0.129 e. The van der Waals surface area contributed by atoms with Crippen molar-refractivity contribution in [1.29, 1.82) is 0 Å². The predicted octanol–water partition coefficient (Wildman–Crippen LogP) is 3.97. The Labute approximate surface area is 116 Å². The number of aromatic nitrogens is 1. The molecule has 0 spiro atoms. The molecule has 0 saturated heterocycles. The zero-order valence-electron chi connectivity index (χ0n) is 9.90. The molecule has 0 aliphatic rings. The normalized spacial score (nSPS) is 12.4. The molecule has 1 atom stereocenters. The van der Waals surface area contributed by atoms with Gasteiger partial charge in [0.2, 0.25) is 0 Å². The van der Waals surface area contributed by atoms with Crippen LogP contribution in [-0.2, 0) is 6.42 Å². The molecule has 2 aromatic rings. The van der Waals surface area contributed by atoms with Crippen LogP contribution in [0.3, 0.4) is 0 Å². The molecule has 1 N–H and O–H groups in total. The van der Waals surface area contributed by atoms with E-state index in [0.717, 1.165) is 16.7 Å². The number of benzene rings is 1. The molecule has 2 nitrogen and oxygen atoms in total. The first-order chi connectivity index (χ1) is 8.56.